The van der Waals surface area contributed by atoms with E-state index >= 15 is 0 Å². The molecule has 78 valence electrons. The van der Waals surface area contributed by atoms with Crippen LogP contribution in [0.4, 0.5) is 11.4 Å². The molecule has 1 aromatic rings. The molecular weight excluding hydrogens is 172 g/mol. The summed E-state index contributed by atoms with van der Waals surface area (Å²) in [6, 6.07) is 6.67. The fraction of sp³-hybridized carbons (Fsp3) is 0.500. The van der Waals surface area contributed by atoms with Gasteiger partial charge in [0.15, 0.2) is 0 Å². The molecule has 0 aromatic heterocycles. The van der Waals surface area contributed by atoms with Crippen molar-refractivity contribution >= 4 is 11.4 Å². The van der Waals surface area contributed by atoms with Crippen molar-refractivity contribution in [2.75, 3.05) is 11.1 Å². The molecule has 0 unspecified atom stereocenters. The maximum absolute atomic E-state index is 5.76. The summed E-state index contributed by atoms with van der Waals surface area (Å²) in [5.41, 5.74) is 8.93. The molecule has 0 aliphatic carbocycles. The normalized spacial score (nSPS) is 10.6. The van der Waals surface area contributed by atoms with Gasteiger partial charge in [0.1, 0.15) is 0 Å². The highest BCUT2D eigenvalue weighted by atomic mass is 14.9. The van der Waals surface area contributed by atoms with Crippen molar-refractivity contribution in [2.45, 2.75) is 39.7 Å². The van der Waals surface area contributed by atoms with Gasteiger partial charge in [0.25, 0.3) is 0 Å². The summed E-state index contributed by atoms with van der Waals surface area (Å²) in [5, 5.41) is 3.49. The van der Waals surface area contributed by atoms with Gasteiger partial charge in [-0.15, -0.1) is 0 Å². The average molecular weight is 192 g/mol. The van der Waals surface area contributed by atoms with E-state index in [-0.39, 0.29) is 0 Å². The molecule has 0 aliphatic rings. The minimum absolute atomic E-state index is 0.568. The van der Waals surface area contributed by atoms with Crippen LogP contribution in [-0.4, -0.2) is 6.04 Å². The molecule has 14 heavy (non-hydrogen) atoms. The number of nitrogens with two attached hydrogens (primary N) is 1. The molecule has 0 amide bonds. The third kappa shape index (κ3) is 2.66. The van der Waals surface area contributed by atoms with E-state index < -0.39 is 0 Å². The fourth-order valence-corrected chi connectivity index (χ4v) is 1.49. The summed E-state index contributed by atoms with van der Waals surface area (Å²) in [7, 11) is 0. The SMILES string of the molecule is CCC(CC)Nc1ccc(N)c(C)c1. The third-order valence-electron chi connectivity index (χ3n) is 2.63. The summed E-state index contributed by atoms with van der Waals surface area (Å²) in [4.78, 5) is 0. The first-order valence-corrected chi connectivity index (χ1v) is 5.30. The second kappa shape index (κ2) is 4.89. The van der Waals surface area contributed by atoms with E-state index in [0.717, 1.165) is 24.1 Å². The van der Waals surface area contributed by atoms with Gasteiger partial charge in [-0.2, -0.15) is 0 Å². The lowest BCUT2D eigenvalue weighted by Gasteiger charge is -2.16. The first-order valence-electron chi connectivity index (χ1n) is 5.30. The first-order chi connectivity index (χ1) is 6.67. The lowest BCUT2D eigenvalue weighted by molar-refractivity contribution is 0.672. The molecule has 0 aliphatic heterocycles. The molecular formula is C12H20N2. The molecule has 1 aromatic carbocycles. The second-order valence-corrected chi connectivity index (χ2v) is 3.73. The van der Waals surface area contributed by atoms with Crippen LogP contribution in [0.1, 0.15) is 32.3 Å². The van der Waals surface area contributed by atoms with E-state index in [1.165, 1.54) is 5.69 Å². The van der Waals surface area contributed by atoms with Gasteiger partial charge in [0.2, 0.25) is 0 Å². The Morgan fingerprint density at radius 1 is 1.29 bits per heavy atom. The van der Waals surface area contributed by atoms with Crippen molar-refractivity contribution < 1.29 is 0 Å². The van der Waals surface area contributed by atoms with Crippen LogP contribution in [0.15, 0.2) is 18.2 Å². The Labute approximate surface area is 86.5 Å². The van der Waals surface area contributed by atoms with Crippen molar-refractivity contribution in [3.05, 3.63) is 23.8 Å². The van der Waals surface area contributed by atoms with Crippen LogP contribution in [0.2, 0.25) is 0 Å². The van der Waals surface area contributed by atoms with Crippen molar-refractivity contribution in [3.63, 3.8) is 0 Å². The number of anilines is 2. The molecule has 0 saturated heterocycles. The van der Waals surface area contributed by atoms with Crippen LogP contribution in [0, 0.1) is 6.92 Å². The number of hydrogen-bond donors (Lipinski definition) is 2. The zero-order valence-corrected chi connectivity index (χ0v) is 9.30. The Morgan fingerprint density at radius 3 is 2.43 bits per heavy atom. The molecule has 0 atom stereocenters. The van der Waals surface area contributed by atoms with Gasteiger partial charge < -0.3 is 11.1 Å². The van der Waals surface area contributed by atoms with Gasteiger partial charge >= 0.3 is 0 Å². The minimum Gasteiger partial charge on any atom is -0.399 e. The predicted octanol–water partition coefficient (Wildman–Crippen LogP) is 3.18. The Balaban J connectivity index is 2.72. The smallest absolute Gasteiger partial charge is 0.0346 e. The van der Waals surface area contributed by atoms with Gasteiger partial charge in [-0.05, 0) is 43.5 Å². The van der Waals surface area contributed by atoms with Crippen LogP contribution in [-0.2, 0) is 0 Å². The minimum atomic E-state index is 0.568. The highest BCUT2D eigenvalue weighted by Gasteiger charge is 2.03. The first kappa shape index (κ1) is 10.9. The molecule has 0 spiro atoms. The summed E-state index contributed by atoms with van der Waals surface area (Å²) < 4.78 is 0. The molecule has 0 heterocycles. The molecule has 1 rings (SSSR count). The molecule has 0 saturated carbocycles. The van der Waals surface area contributed by atoms with Gasteiger partial charge in [0.05, 0.1) is 0 Å². The standard InChI is InChI=1S/C12H20N2/c1-4-10(5-2)14-11-6-7-12(13)9(3)8-11/h6-8,10,14H,4-5,13H2,1-3H3. The third-order valence-corrected chi connectivity index (χ3v) is 2.63. The van der Waals surface area contributed by atoms with Crippen LogP contribution in [0.25, 0.3) is 0 Å². The highest BCUT2D eigenvalue weighted by Crippen LogP contribution is 2.18. The summed E-state index contributed by atoms with van der Waals surface area (Å²) in [6.07, 6.45) is 2.31. The monoisotopic (exact) mass is 192 g/mol. The van der Waals surface area contributed by atoms with Crippen molar-refractivity contribution in [1.29, 1.82) is 0 Å². The van der Waals surface area contributed by atoms with E-state index in [1.807, 2.05) is 19.1 Å². The van der Waals surface area contributed by atoms with Gasteiger partial charge in [0, 0.05) is 17.4 Å². The zero-order chi connectivity index (χ0) is 10.6. The fourth-order valence-electron chi connectivity index (χ4n) is 1.49. The number of benzene rings is 1. The van der Waals surface area contributed by atoms with Gasteiger partial charge in [-0.25, -0.2) is 0 Å². The van der Waals surface area contributed by atoms with Gasteiger partial charge in [-0.1, -0.05) is 13.8 Å². The maximum Gasteiger partial charge on any atom is 0.0346 e. The van der Waals surface area contributed by atoms with E-state index in [0.29, 0.717) is 6.04 Å². The Hall–Kier alpha value is -1.18. The largest absolute Gasteiger partial charge is 0.399 e. The van der Waals surface area contributed by atoms with Crippen LogP contribution in [0.5, 0.6) is 0 Å². The summed E-state index contributed by atoms with van der Waals surface area (Å²) in [5.74, 6) is 0. The quantitative estimate of drug-likeness (QED) is 0.719. The van der Waals surface area contributed by atoms with Crippen LogP contribution in [0.3, 0.4) is 0 Å². The van der Waals surface area contributed by atoms with Crippen LogP contribution < -0.4 is 11.1 Å². The highest BCUT2D eigenvalue weighted by molar-refractivity contribution is 5.56. The van der Waals surface area contributed by atoms with E-state index in [9.17, 15) is 0 Å². The number of aryl methyl sites for hydroxylation is 1. The number of rotatable bonds is 4. The van der Waals surface area contributed by atoms with Crippen molar-refractivity contribution in [1.82, 2.24) is 0 Å². The molecule has 0 bridgehead atoms. The Kier molecular flexibility index (Phi) is 3.81. The average Bonchev–Trinajstić information content (AvgIpc) is 2.19. The predicted molar refractivity (Wildman–Crippen MR) is 63.6 cm³/mol. The summed E-state index contributed by atoms with van der Waals surface area (Å²) in [6.45, 7) is 6.43. The maximum atomic E-state index is 5.76. The second-order valence-electron chi connectivity index (χ2n) is 3.73. The van der Waals surface area contributed by atoms with Crippen LogP contribution >= 0.6 is 0 Å². The van der Waals surface area contributed by atoms with Gasteiger partial charge in [-0.3, -0.25) is 0 Å². The number of hydrogen-bond acceptors (Lipinski definition) is 2. The topological polar surface area (TPSA) is 38.0 Å². The Morgan fingerprint density at radius 2 is 1.93 bits per heavy atom. The Bertz CT molecular complexity index is 290. The number of nitrogen functional groups attached to an aromatic ring is 1. The zero-order valence-electron chi connectivity index (χ0n) is 9.30. The molecule has 2 nitrogen and oxygen atoms in total. The summed E-state index contributed by atoms with van der Waals surface area (Å²) >= 11 is 0. The van der Waals surface area contributed by atoms with E-state index in [2.05, 4.69) is 25.2 Å². The molecule has 3 N–H and O–H groups in total. The van der Waals surface area contributed by atoms with E-state index in [4.69, 9.17) is 5.73 Å². The van der Waals surface area contributed by atoms with Crippen molar-refractivity contribution in [3.8, 4) is 0 Å². The molecule has 0 radical (unpaired) electrons. The molecule has 2 heteroatoms. The van der Waals surface area contributed by atoms with E-state index in [1.54, 1.807) is 0 Å². The van der Waals surface area contributed by atoms with Crippen molar-refractivity contribution in [2.24, 2.45) is 0 Å². The number of nitrogens with one attached hydrogen (secondary N) is 1. The lowest BCUT2D eigenvalue weighted by atomic mass is 10.1. The molecule has 0 fully saturated rings. The lowest BCUT2D eigenvalue weighted by Crippen LogP contribution is -2.16.